The van der Waals surface area contributed by atoms with Gasteiger partial charge in [-0.25, -0.2) is 14.4 Å². The molecule has 2 atom stereocenters. The zero-order valence-electron chi connectivity index (χ0n) is 18.4. The van der Waals surface area contributed by atoms with Crippen LogP contribution in [0.25, 0.3) is 0 Å². The summed E-state index contributed by atoms with van der Waals surface area (Å²) in [6, 6.07) is 3.50. The standard InChI is InChI=1S/C18H23N4O10P/c1-10(2)29-17(25)11(3)20-33(27,28)32-31-13-9-7-6-8-12(13)30-19-14-15(23)21(4)18(26)22(5)16(14)24/h6-11H,1-5H3,(H2,20,27,28)/t11-/m0/s1. The number of oxime groups is 1. The summed E-state index contributed by atoms with van der Waals surface area (Å²) in [5, 5.41) is 5.54. The quantitative estimate of drug-likeness (QED) is 0.219. The first-order valence-corrected chi connectivity index (χ1v) is 11.0. The van der Waals surface area contributed by atoms with Gasteiger partial charge in [0, 0.05) is 14.1 Å². The fourth-order valence-corrected chi connectivity index (χ4v) is 3.14. The lowest BCUT2D eigenvalue weighted by atomic mass is 10.2. The fraction of sp³-hybridized carbons (Fsp3) is 0.389. The van der Waals surface area contributed by atoms with E-state index in [1.165, 1.54) is 31.2 Å². The lowest BCUT2D eigenvalue weighted by molar-refractivity contribution is -0.150. The predicted octanol–water partition coefficient (Wildman–Crippen LogP) is 0.812. The van der Waals surface area contributed by atoms with Gasteiger partial charge in [0.05, 0.1) is 6.10 Å². The van der Waals surface area contributed by atoms with Gasteiger partial charge < -0.3 is 19.4 Å². The lowest BCUT2D eigenvalue weighted by Crippen LogP contribution is -2.57. The number of hydrogen-bond donors (Lipinski definition) is 2. The molecule has 1 aromatic rings. The first-order valence-electron chi connectivity index (χ1n) is 9.45. The molecule has 15 heteroatoms. The molecule has 1 fully saturated rings. The molecule has 1 aliphatic heterocycles. The summed E-state index contributed by atoms with van der Waals surface area (Å²) < 4.78 is 21.6. The summed E-state index contributed by atoms with van der Waals surface area (Å²) in [5.41, 5.74) is -0.678. The number of carbonyl (C=O) groups excluding carboxylic acids is 4. The number of amides is 4. The maximum atomic E-state index is 12.2. The number of benzene rings is 1. The Morgan fingerprint density at radius 3 is 2.15 bits per heavy atom. The number of urea groups is 1. The van der Waals surface area contributed by atoms with E-state index in [2.05, 4.69) is 9.83 Å². The van der Waals surface area contributed by atoms with Gasteiger partial charge in [-0.05, 0) is 32.9 Å². The Morgan fingerprint density at radius 1 is 1.06 bits per heavy atom. The number of hydrogen-bond acceptors (Lipinski definition) is 10. The number of para-hydroxylation sites is 2. The highest BCUT2D eigenvalue weighted by Gasteiger charge is 2.40. The maximum absolute atomic E-state index is 12.2. The average Bonchev–Trinajstić information content (AvgIpc) is 2.74. The molecule has 0 saturated carbocycles. The molecule has 2 N–H and O–H groups in total. The van der Waals surface area contributed by atoms with Gasteiger partial charge in [-0.1, -0.05) is 22.0 Å². The second-order valence-corrected chi connectivity index (χ2v) is 8.45. The molecule has 1 aromatic carbocycles. The van der Waals surface area contributed by atoms with E-state index in [0.29, 0.717) is 9.80 Å². The van der Waals surface area contributed by atoms with Crippen molar-refractivity contribution in [2.45, 2.75) is 32.9 Å². The number of esters is 1. The molecule has 33 heavy (non-hydrogen) atoms. The van der Waals surface area contributed by atoms with E-state index in [1.54, 1.807) is 13.8 Å². The van der Waals surface area contributed by atoms with Crippen molar-refractivity contribution in [3.8, 4) is 11.5 Å². The highest BCUT2D eigenvalue weighted by molar-refractivity contribution is 7.50. The summed E-state index contributed by atoms with van der Waals surface area (Å²) in [6.45, 7) is 4.53. The van der Waals surface area contributed by atoms with Crippen LogP contribution in [0.5, 0.6) is 11.5 Å². The third kappa shape index (κ3) is 6.58. The number of rotatable bonds is 9. The second-order valence-electron chi connectivity index (χ2n) is 7.00. The van der Waals surface area contributed by atoms with Gasteiger partial charge in [0.1, 0.15) is 6.04 Å². The number of nitrogens with zero attached hydrogens (tertiary/aromatic N) is 3. The van der Waals surface area contributed by atoms with Crippen LogP contribution < -0.4 is 14.8 Å². The van der Waals surface area contributed by atoms with Gasteiger partial charge >= 0.3 is 19.7 Å². The van der Waals surface area contributed by atoms with Crippen molar-refractivity contribution in [1.29, 1.82) is 0 Å². The van der Waals surface area contributed by atoms with Gasteiger partial charge in [-0.15, -0.1) is 0 Å². The summed E-state index contributed by atoms with van der Waals surface area (Å²) in [6.07, 6.45) is -0.428. The van der Waals surface area contributed by atoms with E-state index in [9.17, 15) is 28.6 Å². The number of barbiturate groups is 1. The summed E-state index contributed by atoms with van der Waals surface area (Å²) in [4.78, 5) is 69.0. The van der Waals surface area contributed by atoms with E-state index in [4.69, 9.17) is 14.5 Å². The summed E-state index contributed by atoms with van der Waals surface area (Å²) in [5.74, 6) is -3.19. The van der Waals surface area contributed by atoms with Crippen molar-refractivity contribution < 1.29 is 47.8 Å². The highest BCUT2D eigenvalue weighted by atomic mass is 31.2. The van der Waals surface area contributed by atoms with E-state index in [-0.39, 0.29) is 11.5 Å². The Labute approximate surface area is 188 Å². The highest BCUT2D eigenvalue weighted by Crippen LogP contribution is 2.40. The van der Waals surface area contributed by atoms with Crippen molar-refractivity contribution in [3.63, 3.8) is 0 Å². The topological polar surface area (TPSA) is 173 Å². The number of nitrogens with one attached hydrogen (secondary N) is 1. The minimum Gasteiger partial charge on any atom is -0.462 e. The normalized spacial score (nSPS) is 17.1. The van der Waals surface area contributed by atoms with Crippen LogP contribution in [0.3, 0.4) is 0 Å². The maximum Gasteiger partial charge on any atom is 0.440 e. The van der Waals surface area contributed by atoms with Crippen LogP contribution >= 0.6 is 7.75 Å². The van der Waals surface area contributed by atoms with Crippen LogP contribution in [-0.2, 0) is 28.4 Å². The molecular weight excluding hydrogens is 463 g/mol. The fourth-order valence-electron chi connectivity index (χ4n) is 2.32. The van der Waals surface area contributed by atoms with Gasteiger partial charge in [0.15, 0.2) is 0 Å². The summed E-state index contributed by atoms with van der Waals surface area (Å²) >= 11 is 0. The van der Waals surface area contributed by atoms with Crippen molar-refractivity contribution >= 4 is 37.3 Å². The monoisotopic (exact) mass is 486 g/mol. The Bertz CT molecular complexity index is 1000. The van der Waals surface area contributed by atoms with Crippen molar-refractivity contribution in [2.75, 3.05) is 14.1 Å². The van der Waals surface area contributed by atoms with E-state index >= 15 is 0 Å². The molecule has 1 heterocycles. The smallest absolute Gasteiger partial charge is 0.440 e. The predicted molar refractivity (Wildman–Crippen MR) is 111 cm³/mol. The molecule has 0 bridgehead atoms. The Morgan fingerprint density at radius 2 is 1.61 bits per heavy atom. The molecule has 1 unspecified atom stereocenters. The molecular formula is C18H23N4O10P. The number of ether oxygens (including phenoxy) is 1. The molecule has 1 aliphatic rings. The van der Waals surface area contributed by atoms with Crippen LogP contribution in [0.15, 0.2) is 29.4 Å². The molecule has 0 radical (unpaired) electrons. The molecule has 2 rings (SSSR count). The third-order valence-corrected chi connectivity index (χ3v) is 4.95. The van der Waals surface area contributed by atoms with Crippen LogP contribution in [-0.4, -0.2) is 70.5 Å². The molecule has 0 aromatic heterocycles. The van der Waals surface area contributed by atoms with E-state index < -0.39 is 49.4 Å². The van der Waals surface area contributed by atoms with Gasteiger partial charge in [0.2, 0.25) is 17.2 Å². The molecule has 14 nitrogen and oxygen atoms in total. The van der Waals surface area contributed by atoms with Crippen molar-refractivity contribution in [2.24, 2.45) is 5.16 Å². The zero-order chi connectivity index (χ0) is 24.9. The van der Waals surface area contributed by atoms with Crippen LogP contribution in [0.4, 0.5) is 4.79 Å². The van der Waals surface area contributed by atoms with Gasteiger partial charge in [0.25, 0.3) is 11.8 Å². The van der Waals surface area contributed by atoms with Crippen molar-refractivity contribution in [3.05, 3.63) is 24.3 Å². The average molecular weight is 486 g/mol. The Balaban J connectivity index is 2.10. The Kier molecular flexibility index (Phi) is 8.28. The number of imide groups is 2. The zero-order valence-corrected chi connectivity index (χ0v) is 19.3. The van der Waals surface area contributed by atoms with E-state index in [0.717, 1.165) is 14.1 Å². The molecule has 0 aliphatic carbocycles. The first kappa shape index (κ1) is 25.9. The minimum absolute atomic E-state index is 0.194. The SMILES string of the molecule is CC(C)OC(=O)[C@H](C)NP(=O)(O)OOc1ccccc1ON=C1C(=O)N(C)C(=O)N(C)C1=O. The van der Waals surface area contributed by atoms with Gasteiger partial charge in [-0.3, -0.25) is 24.2 Å². The third-order valence-electron chi connectivity index (χ3n) is 3.96. The molecule has 4 amide bonds. The van der Waals surface area contributed by atoms with Crippen molar-refractivity contribution in [1.82, 2.24) is 14.9 Å². The van der Waals surface area contributed by atoms with Gasteiger partial charge in [-0.2, -0.15) is 0 Å². The number of carbonyl (C=O) groups is 4. The summed E-state index contributed by atoms with van der Waals surface area (Å²) in [7, 11) is -2.31. The lowest BCUT2D eigenvalue weighted by Gasteiger charge is -2.27. The first-order chi connectivity index (χ1) is 15.3. The molecule has 1 saturated heterocycles. The van der Waals surface area contributed by atoms with Crippen LogP contribution in [0.1, 0.15) is 20.8 Å². The van der Waals surface area contributed by atoms with Crippen LogP contribution in [0, 0.1) is 0 Å². The molecule has 0 spiro atoms. The second kappa shape index (κ2) is 10.5. The largest absolute Gasteiger partial charge is 0.462 e. The minimum atomic E-state index is -4.64. The molecule has 180 valence electrons. The Hall–Kier alpha value is -3.32. The van der Waals surface area contributed by atoms with E-state index in [1.807, 2.05) is 5.09 Å². The van der Waals surface area contributed by atoms with Crippen LogP contribution in [0.2, 0.25) is 0 Å².